The summed E-state index contributed by atoms with van der Waals surface area (Å²) < 4.78 is 2.09. The summed E-state index contributed by atoms with van der Waals surface area (Å²) in [6.45, 7) is 4.36. The molecule has 7 heteroatoms. The Morgan fingerprint density at radius 3 is 2.91 bits per heavy atom. The average molecular weight is 328 g/mol. The van der Waals surface area contributed by atoms with Crippen molar-refractivity contribution in [2.24, 2.45) is 0 Å². The molecule has 3 aromatic rings. The van der Waals surface area contributed by atoms with Crippen molar-refractivity contribution in [1.82, 2.24) is 24.6 Å². The number of hydrogen-bond donors (Lipinski definition) is 1. The van der Waals surface area contributed by atoms with Crippen molar-refractivity contribution in [1.29, 1.82) is 0 Å². The largest absolute Gasteiger partial charge is 0.337 e. The average Bonchev–Trinajstić information content (AvgIpc) is 3.14. The summed E-state index contributed by atoms with van der Waals surface area (Å²) in [4.78, 5) is 13.3. The van der Waals surface area contributed by atoms with Crippen LogP contribution < -0.4 is 5.32 Å². The summed E-state index contributed by atoms with van der Waals surface area (Å²) in [5, 5.41) is 9.00. The van der Waals surface area contributed by atoms with E-state index in [9.17, 15) is 0 Å². The zero-order valence-electron chi connectivity index (χ0n) is 13.4. The van der Waals surface area contributed by atoms with Gasteiger partial charge in [-0.3, -0.25) is 4.68 Å². The van der Waals surface area contributed by atoms with Crippen LogP contribution in [0, 0.1) is 6.92 Å². The van der Waals surface area contributed by atoms with Crippen molar-refractivity contribution in [3.05, 3.63) is 29.7 Å². The molecule has 4 rings (SSSR count). The van der Waals surface area contributed by atoms with E-state index in [-0.39, 0.29) is 0 Å². The second-order valence-electron chi connectivity index (χ2n) is 6.17. The van der Waals surface area contributed by atoms with Crippen molar-refractivity contribution >= 4 is 33.1 Å². The van der Waals surface area contributed by atoms with Crippen LogP contribution in [0.25, 0.3) is 10.2 Å². The van der Waals surface area contributed by atoms with Crippen LogP contribution in [-0.4, -0.2) is 44.8 Å². The molecule has 1 fully saturated rings. The molecule has 0 aliphatic carbocycles. The summed E-state index contributed by atoms with van der Waals surface area (Å²) in [6.07, 6.45) is 7.88. The number of hydrogen-bond acceptors (Lipinski definition) is 6. The molecule has 0 aromatic carbocycles. The molecule has 1 saturated heterocycles. The molecule has 120 valence electrons. The van der Waals surface area contributed by atoms with Gasteiger partial charge < -0.3 is 10.2 Å². The molecule has 1 aliphatic heterocycles. The predicted molar refractivity (Wildman–Crippen MR) is 93.4 cm³/mol. The van der Waals surface area contributed by atoms with Crippen LogP contribution >= 0.6 is 11.3 Å². The third kappa shape index (κ3) is 2.94. The minimum Gasteiger partial charge on any atom is -0.337 e. The second kappa shape index (κ2) is 5.90. The van der Waals surface area contributed by atoms with Gasteiger partial charge in [0.2, 0.25) is 0 Å². The van der Waals surface area contributed by atoms with Crippen LogP contribution in [0.4, 0.5) is 11.5 Å². The van der Waals surface area contributed by atoms with E-state index in [0.29, 0.717) is 6.04 Å². The van der Waals surface area contributed by atoms with Crippen LogP contribution in [0.1, 0.15) is 23.8 Å². The molecule has 1 N–H and O–H groups in total. The lowest BCUT2D eigenvalue weighted by atomic mass is 10.1. The van der Waals surface area contributed by atoms with Crippen LogP contribution in [0.5, 0.6) is 0 Å². The van der Waals surface area contributed by atoms with Gasteiger partial charge in [0.1, 0.15) is 17.0 Å². The maximum Gasteiger partial charge on any atom is 0.142 e. The fourth-order valence-corrected chi connectivity index (χ4v) is 3.92. The van der Waals surface area contributed by atoms with Crippen molar-refractivity contribution < 1.29 is 0 Å². The van der Waals surface area contributed by atoms with E-state index in [4.69, 9.17) is 0 Å². The third-order valence-corrected chi connectivity index (χ3v) is 5.34. The smallest absolute Gasteiger partial charge is 0.142 e. The number of fused-ring (bicyclic) bond motifs is 1. The molecular formula is C16H20N6S. The molecule has 23 heavy (non-hydrogen) atoms. The first-order valence-corrected chi connectivity index (χ1v) is 8.71. The fraction of sp³-hybridized carbons (Fsp3) is 0.438. The summed E-state index contributed by atoms with van der Waals surface area (Å²) in [6, 6.07) is 2.62. The van der Waals surface area contributed by atoms with Gasteiger partial charge in [-0.05, 0) is 46.0 Å². The van der Waals surface area contributed by atoms with Crippen LogP contribution in [0.3, 0.4) is 0 Å². The van der Waals surface area contributed by atoms with E-state index in [0.717, 1.165) is 47.7 Å². The van der Waals surface area contributed by atoms with Gasteiger partial charge in [-0.2, -0.15) is 5.10 Å². The van der Waals surface area contributed by atoms with E-state index in [1.807, 2.05) is 6.20 Å². The molecule has 4 heterocycles. The summed E-state index contributed by atoms with van der Waals surface area (Å²) in [7, 11) is 2.18. The van der Waals surface area contributed by atoms with Crippen LogP contribution in [-0.2, 0) is 0 Å². The molecule has 1 aliphatic rings. The van der Waals surface area contributed by atoms with Crippen LogP contribution in [0.2, 0.25) is 0 Å². The van der Waals surface area contributed by atoms with Gasteiger partial charge in [-0.25, -0.2) is 9.97 Å². The van der Waals surface area contributed by atoms with Gasteiger partial charge in [0.05, 0.1) is 23.3 Å². The van der Waals surface area contributed by atoms with Crippen molar-refractivity contribution in [2.75, 3.05) is 25.5 Å². The van der Waals surface area contributed by atoms with Gasteiger partial charge in [0, 0.05) is 11.1 Å². The van der Waals surface area contributed by atoms with Gasteiger partial charge in [0.15, 0.2) is 0 Å². The molecule has 0 bridgehead atoms. The summed E-state index contributed by atoms with van der Waals surface area (Å²) >= 11 is 1.69. The Morgan fingerprint density at radius 2 is 2.09 bits per heavy atom. The number of likely N-dealkylation sites (tertiary alicyclic amines) is 1. The van der Waals surface area contributed by atoms with E-state index >= 15 is 0 Å². The first-order valence-electron chi connectivity index (χ1n) is 7.90. The number of aromatic nitrogens is 4. The summed E-state index contributed by atoms with van der Waals surface area (Å²) in [5.41, 5.74) is 0.979. The number of rotatable bonds is 3. The molecule has 0 saturated carbocycles. The topological polar surface area (TPSA) is 58.9 Å². The quantitative estimate of drug-likeness (QED) is 0.800. The highest BCUT2D eigenvalue weighted by Gasteiger charge is 2.19. The van der Waals surface area contributed by atoms with Gasteiger partial charge >= 0.3 is 0 Å². The number of thiophene rings is 1. The summed E-state index contributed by atoms with van der Waals surface area (Å²) in [5.74, 6) is 0.849. The second-order valence-corrected chi connectivity index (χ2v) is 7.40. The SMILES string of the molecule is Cc1cc2c(Nc3cnn(C4CCN(C)CC4)c3)ncnc2s1. The van der Waals surface area contributed by atoms with Crippen molar-refractivity contribution in [2.45, 2.75) is 25.8 Å². The van der Waals surface area contributed by atoms with Crippen molar-refractivity contribution in [3.8, 4) is 0 Å². The third-order valence-electron chi connectivity index (χ3n) is 4.38. The molecule has 3 aromatic heterocycles. The highest BCUT2D eigenvalue weighted by Crippen LogP contribution is 2.30. The van der Waals surface area contributed by atoms with Gasteiger partial charge in [0.25, 0.3) is 0 Å². The highest BCUT2D eigenvalue weighted by molar-refractivity contribution is 7.18. The van der Waals surface area contributed by atoms with Crippen molar-refractivity contribution in [3.63, 3.8) is 0 Å². The monoisotopic (exact) mass is 328 g/mol. The van der Waals surface area contributed by atoms with E-state index in [2.05, 4.69) is 56.2 Å². The molecule has 0 atom stereocenters. The Kier molecular flexibility index (Phi) is 3.74. The molecule has 0 radical (unpaired) electrons. The first-order chi connectivity index (χ1) is 11.2. The van der Waals surface area contributed by atoms with E-state index in [1.165, 1.54) is 4.88 Å². The van der Waals surface area contributed by atoms with Crippen LogP contribution in [0.15, 0.2) is 24.8 Å². The van der Waals surface area contributed by atoms with E-state index in [1.54, 1.807) is 17.7 Å². The molecular weight excluding hydrogens is 308 g/mol. The fourth-order valence-electron chi connectivity index (χ4n) is 3.07. The Balaban J connectivity index is 1.55. The lowest BCUT2D eigenvalue weighted by Crippen LogP contribution is -2.31. The Bertz CT molecular complexity index is 815. The highest BCUT2D eigenvalue weighted by atomic mass is 32.1. The number of anilines is 2. The normalized spacial score (nSPS) is 17.0. The van der Waals surface area contributed by atoms with Gasteiger partial charge in [-0.15, -0.1) is 11.3 Å². The molecule has 6 nitrogen and oxygen atoms in total. The minimum absolute atomic E-state index is 0.496. The molecule has 0 amide bonds. The lowest BCUT2D eigenvalue weighted by Gasteiger charge is -2.28. The maximum absolute atomic E-state index is 4.54. The Morgan fingerprint density at radius 1 is 1.26 bits per heavy atom. The number of aryl methyl sites for hydroxylation is 1. The van der Waals surface area contributed by atoms with E-state index < -0.39 is 0 Å². The van der Waals surface area contributed by atoms with Gasteiger partial charge in [-0.1, -0.05) is 0 Å². The minimum atomic E-state index is 0.496. The Labute approximate surface area is 139 Å². The standard InChI is InChI=1S/C16H20N6S/c1-11-7-14-15(17-10-18-16(14)23-11)20-12-8-19-22(9-12)13-3-5-21(2)6-4-13/h7-10,13H,3-6H2,1-2H3,(H,17,18,20). The lowest BCUT2D eigenvalue weighted by molar-refractivity contribution is 0.212. The predicted octanol–water partition coefficient (Wildman–Crippen LogP) is 3.21. The zero-order chi connectivity index (χ0) is 15.8. The Hall–Kier alpha value is -1.99. The molecule has 0 spiro atoms. The number of nitrogens with one attached hydrogen (secondary N) is 1. The number of nitrogens with zero attached hydrogens (tertiary/aromatic N) is 5. The molecule has 0 unspecified atom stereocenters. The first kappa shape index (κ1) is 14.6. The maximum atomic E-state index is 4.54. The zero-order valence-corrected chi connectivity index (χ0v) is 14.2. The number of piperidine rings is 1.